The second-order valence-electron chi connectivity index (χ2n) is 3.48. The predicted molar refractivity (Wildman–Crippen MR) is 49.4 cm³/mol. The van der Waals surface area contributed by atoms with Crippen LogP contribution < -0.4 is 5.73 Å². The van der Waals surface area contributed by atoms with Gasteiger partial charge in [-0.25, -0.2) is 4.98 Å². The lowest BCUT2D eigenvalue weighted by Gasteiger charge is -2.30. The Kier molecular flexibility index (Phi) is 2.33. The van der Waals surface area contributed by atoms with Gasteiger partial charge >= 0.3 is 0 Å². The number of hydrogen-bond acceptors (Lipinski definition) is 3. The third-order valence-electron chi connectivity index (χ3n) is 2.60. The maximum Gasteiger partial charge on any atom is 0.105 e. The highest BCUT2D eigenvalue weighted by molar-refractivity contribution is 4.96. The highest BCUT2D eigenvalue weighted by Gasteiger charge is 2.24. The quantitative estimate of drug-likeness (QED) is 0.685. The molecule has 2 unspecified atom stereocenters. The van der Waals surface area contributed by atoms with Gasteiger partial charge in [-0.15, -0.1) is 0 Å². The number of nitrogens with zero attached hydrogens (tertiary/aromatic N) is 2. The van der Waals surface area contributed by atoms with E-state index in [1.807, 2.05) is 13.1 Å². The largest absolute Gasteiger partial charge is 0.379 e. The van der Waals surface area contributed by atoms with E-state index in [-0.39, 0.29) is 12.1 Å². The summed E-state index contributed by atoms with van der Waals surface area (Å²) >= 11 is 0. The lowest BCUT2D eigenvalue weighted by Crippen LogP contribution is -2.40. The summed E-state index contributed by atoms with van der Waals surface area (Å²) in [6.07, 6.45) is 4.70. The maximum atomic E-state index is 6.01. The van der Waals surface area contributed by atoms with Crippen LogP contribution in [0.15, 0.2) is 12.4 Å². The zero-order valence-electron chi connectivity index (χ0n) is 7.81. The molecule has 2 N–H and O–H groups in total. The Hall–Kier alpha value is -0.870. The van der Waals surface area contributed by atoms with E-state index in [1.54, 1.807) is 6.20 Å². The summed E-state index contributed by atoms with van der Waals surface area (Å²) in [6, 6.07) is 0.456. The molecule has 2 heterocycles. The van der Waals surface area contributed by atoms with Gasteiger partial charge in [0, 0.05) is 25.0 Å². The van der Waals surface area contributed by atoms with Crippen LogP contribution in [0.25, 0.3) is 0 Å². The maximum absolute atomic E-state index is 6.01. The molecule has 13 heavy (non-hydrogen) atoms. The van der Waals surface area contributed by atoms with Crippen molar-refractivity contribution in [1.29, 1.82) is 0 Å². The Balaban J connectivity index is 2.19. The van der Waals surface area contributed by atoms with Crippen LogP contribution in [0.4, 0.5) is 0 Å². The van der Waals surface area contributed by atoms with Crippen molar-refractivity contribution in [3.05, 3.63) is 18.2 Å². The van der Waals surface area contributed by atoms with Gasteiger partial charge in [0.05, 0.1) is 12.6 Å². The molecule has 72 valence electrons. The molecule has 4 heteroatoms. The minimum atomic E-state index is 0.196. The minimum absolute atomic E-state index is 0.196. The van der Waals surface area contributed by atoms with Gasteiger partial charge in [-0.2, -0.15) is 0 Å². The van der Waals surface area contributed by atoms with Crippen molar-refractivity contribution in [3.8, 4) is 0 Å². The van der Waals surface area contributed by atoms with Gasteiger partial charge in [-0.3, -0.25) is 0 Å². The molecule has 0 saturated carbocycles. The molecule has 0 bridgehead atoms. The van der Waals surface area contributed by atoms with Crippen LogP contribution in [-0.2, 0) is 4.74 Å². The molecule has 2 atom stereocenters. The summed E-state index contributed by atoms with van der Waals surface area (Å²) in [4.78, 5) is 4.18. The van der Waals surface area contributed by atoms with Crippen LogP contribution in [0.2, 0.25) is 0 Å². The molecule has 1 aliphatic heterocycles. The average molecular weight is 181 g/mol. The van der Waals surface area contributed by atoms with Gasteiger partial charge in [0.15, 0.2) is 0 Å². The van der Waals surface area contributed by atoms with Crippen molar-refractivity contribution in [2.75, 3.05) is 13.2 Å². The molecular weight excluding hydrogens is 166 g/mol. The summed E-state index contributed by atoms with van der Waals surface area (Å²) in [5.41, 5.74) is 6.01. The van der Waals surface area contributed by atoms with Crippen LogP contribution in [0.5, 0.6) is 0 Å². The lowest BCUT2D eigenvalue weighted by molar-refractivity contribution is 0.0461. The monoisotopic (exact) mass is 181 g/mol. The van der Waals surface area contributed by atoms with E-state index in [1.165, 1.54) is 0 Å². The molecule has 2 rings (SSSR count). The van der Waals surface area contributed by atoms with Crippen molar-refractivity contribution < 1.29 is 4.74 Å². The van der Waals surface area contributed by atoms with Gasteiger partial charge in [-0.05, 0) is 13.3 Å². The fourth-order valence-electron chi connectivity index (χ4n) is 1.76. The molecule has 1 aromatic heterocycles. The zero-order valence-corrected chi connectivity index (χ0v) is 7.81. The normalized spacial score (nSPS) is 29.1. The first kappa shape index (κ1) is 8.72. The highest BCUT2D eigenvalue weighted by atomic mass is 16.5. The fraction of sp³-hybridized carbons (Fsp3) is 0.667. The Morgan fingerprint density at radius 2 is 2.54 bits per heavy atom. The summed E-state index contributed by atoms with van der Waals surface area (Å²) in [6.45, 7) is 3.48. The van der Waals surface area contributed by atoms with E-state index in [2.05, 4.69) is 9.55 Å². The zero-order chi connectivity index (χ0) is 9.26. The van der Waals surface area contributed by atoms with E-state index in [9.17, 15) is 0 Å². The SMILES string of the molecule is Cc1nccn1C1COCCC1N. The first-order valence-corrected chi connectivity index (χ1v) is 4.62. The minimum Gasteiger partial charge on any atom is -0.379 e. The first-order valence-electron chi connectivity index (χ1n) is 4.62. The third-order valence-corrected chi connectivity index (χ3v) is 2.60. The van der Waals surface area contributed by atoms with E-state index in [0.29, 0.717) is 6.61 Å². The number of aromatic nitrogens is 2. The summed E-state index contributed by atoms with van der Waals surface area (Å²) in [5, 5.41) is 0. The highest BCUT2D eigenvalue weighted by Crippen LogP contribution is 2.19. The van der Waals surface area contributed by atoms with Gasteiger partial charge in [-0.1, -0.05) is 0 Å². The van der Waals surface area contributed by atoms with Crippen LogP contribution in [-0.4, -0.2) is 28.8 Å². The number of ether oxygens (including phenoxy) is 1. The van der Waals surface area contributed by atoms with Crippen LogP contribution in [0.3, 0.4) is 0 Å². The molecular formula is C9H15N3O. The van der Waals surface area contributed by atoms with E-state index in [4.69, 9.17) is 10.5 Å². The molecule has 4 nitrogen and oxygen atoms in total. The Morgan fingerprint density at radius 1 is 1.69 bits per heavy atom. The van der Waals surface area contributed by atoms with Crippen LogP contribution >= 0.6 is 0 Å². The van der Waals surface area contributed by atoms with Crippen molar-refractivity contribution in [2.45, 2.75) is 25.4 Å². The Bertz CT molecular complexity index is 284. The molecule has 1 aliphatic rings. The summed E-state index contributed by atoms with van der Waals surface area (Å²) < 4.78 is 7.50. The van der Waals surface area contributed by atoms with E-state index < -0.39 is 0 Å². The van der Waals surface area contributed by atoms with Gasteiger partial charge in [0.25, 0.3) is 0 Å². The number of imidazole rings is 1. The summed E-state index contributed by atoms with van der Waals surface area (Å²) in [7, 11) is 0. The first-order chi connectivity index (χ1) is 6.29. The lowest BCUT2D eigenvalue weighted by atomic mass is 10.0. The number of hydrogen-bond donors (Lipinski definition) is 1. The number of nitrogens with two attached hydrogens (primary N) is 1. The van der Waals surface area contributed by atoms with E-state index >= 15 is 0 Å². The molecule has 0 radical (unpaired) electrons. The van der Waals surface area contributed by atoms with Crippen molar-refractivity contribution >= 4 is 0 Å². The second kappa shape index (κ2) is 3.47. The topological polar surface area (TPSA) is 53.1 Å². The predicted octanol–water partition coefficient (Wildman–Crippen LogP) is 0.480. The Labute approximate surface area is 77.7 Å². The molecule has 1 aromatic rings. The second-order valence-corrected chi connectivity index (χ2v) is 3.48. The standard InChI is InChI=1S/C9H15N3O/c1-7-11-3-4-12(7)9-6-13-5-2-8(9)10/h3-4,8-9H,2,5-6,10H2,1H3. The molecule has 1 saturated heterocycles. The Morgan fingerprint density at radius 3 is 3.15 bits per heavy atom. The molecule has 0 aliphatic carbocycles. The smallest absolute Gasteiger partial charge is 0.105 e. The summed E-state index contributed by atoms with van der Waals surface area (Å²) in [5.74, 6) is 1.01. The molecule has 0 aromatic carbocycles. The van der Waals surface area contributed by atoms with Crippen LogP contribution in [0, 0.1) is 6.92 Å². The van der Waals surface area contributed by atoms with E-state index in [0.717, 1.165) is 18.9 Å². The van der Waals surface area contributed by atoms with Gasteiger partial charge < -0.3 is 15.0 Å². The number of rotatable bonds is 1. The molecule has 0 spiro atoms. The molecule has 1 fully saturated rings. The van der Waals surface area contributed by atoms with Gasteiger partial charge in [0.1, 0.15) is 5.82 Å². The molecule has 0 amide bonds. The van der Waals surface area contributed by atoms with Crippen LogP contribution in [0.1, 0.15) is 18.3 Å². The van der Waals surface area contributed by atoms with Crippen molar-refractivity contribution in [2.24, 2.45) is 5.73 Å². The number of aryl methyl sites for hydroxylation is 1. The fourth-order valence-corrected chi connectivity index (χ4v) is 1.76. The van der Waals surface area contributed by atoms with Crippen molar-refractivity contribution in [3.63, 3.8) is 0 Å². The third kappa shape index (κ3) is 1.59. The average Bonchev–Trinajstić information content (AvgIpc) is 2.52. The van der Waals surface area contributed by atoms with Crippen molar-refractivity contribution in [1.82, 2.24) is 9.55 Å². The van der Waals surface area contributed by atoms with Gasteiger partial charge in [0.2, 0.25) is 0 Å².